The van der Waals surface area contributed by atoms with Crippen LogP contribution in [0.1, 0.15) is 6.92 Å². The van der Waals surface area contributed by atoms with E-state index in [1.54, 1.807) is 47.4 Å². The van der Waals surface area contributed by atoms with E-state index >= 15 is 0 Å². The molecule has 0 saturated carbocycles. The highest BCUT2D eigenvalue weighted by Crippen LogP contribution is 2.18. The number of benzene rings is 2. The number of rotatable bonds is 6. The van der Waals surface area contributed by atoms with Crippen molar-refractivity contribution in [3.05, 3.63) is 60.4 Å². The highest BCUT2D eigenvalue weighted by molar-refractivity contribution is 7.89. The molecule has 1 aliphatic heterocycles. The number of likely N-dealkylation sites (N-methyl/N-ethyl adjacent to an activating group) is 1. The molecule has 2 aromatic carbocycles. The molecule has 1 fully saturated rings. The molecular weight excluding hydrogens is 381 g/mol. The van der Waals surface area contributed by atoms with Gasteiger partial charge in [0.1, 0.15) is 5.82 Å². The summed E-state index contributed by atoms with van der Waals surface area (Å²) < 4.78 is 39.9. The van der Waals surface area contributed by atoms with Gasteiger partial charge in [0.25, 0.3) is 0 Å². The highest BCUT2D eigenvalue weighted by Gasteiger charge is 2.29. The number of amides is 1. The quantitative estimate of drug-likeness (QED) is 0.739. The Labute approximate surface area is 165 Å². The second-order valence-corrected chi connectivity index (χ2v) is 8.55. The van der Waals surface area contributed by atoms with E-state index in [1.165, 1.54) is 16.4 Å². The molecule has 150 valence electrons. The van der Waals surface area contributed by atoms with Gasteiger partial charge in [-0.2, -0.15) is 4.31 Å². The lowest BCUT2D eigenvalue weighted by molar-refractivity contribution is -0.120. The first kappa shape index (κ1) is 20.4. The summed E-state index contributed by atoms with van der Waals surface area (Å²) in [6.45, 7) is 4.20. The van der Waals surface area contributed by atoms with Crippen LogP contribution in [0.15, 0.2) is 59.5 Å². The van der Waals surface area contributed by atoms with Crippen LogP contribution < -0.4 is 4.90 Å². The second-order valence-electron chi connectivity index (χ2n) is 6.61. The van der Waals surface area contributed by atoms with Crippen molar-refractivity contribution in [3.8, 4) is 0 Å². The topological polar surface area (TPSA) is 60.9 Å². The number of carbonyl (C=O) groups excluding carboxylic acids is 1. The fourth-order valence-corrected chi connectivity index (χ4v) is 4.71. The van der Waals surface area contributed by atoms with E-state index in [2.05, 4.69) is 0 Å². The minimum atomic E-state index is -3.51. The first-order valence-electron chi connectivity index (χ1n) is 9.25. The van der Waals surface area contributed by atoms with Crippen molar-refractivity contribution in [2.45, 2.75) is 11.8 Å². The van der Waals surface area contributed by atoms with Crippen molar-refractivity contribution in [1.29, 1.82) is 0 Å². The van der Waals surface area contributed by atoms with Crippen molar-refractivity contribution < 1.29 is 17.6 Å². The van der Waals surface area contributed by atoms with Gasteiger partial charge < -0.3 is 4.90 Å². The third-order valence-electron chi connectivity index (χ3n) is 4.83. The lowest BCUT2D eigenvalue weighted by Gasteiger charge is -2.34. The Kier molecular flexibility index (Phi) is 6.43. The van der Waals surface area contributed by atoms with Gasteiger partial charge in [0.15, 0.2) is 0 Å². The molecule has 3 rings (SSSR count). The second kappa shape index (κ2) is 8.81. The molecule has 0 aromatic heterocycles. The summed E-state index contributed by atoms with van der Waals surface area (Å²) in [4.78, 5) is 16.5. The molecule has 8 heteroatoms. The summed E-state index contributed by atoms with van der Waals surface area (Å²) in [5.41, 5.74) is 0.652. The van der Waals surface area contributed by atoms with E-state index in [4.69, 9.17) is 0 Å². The highest BCUT2D eigenvalue weighted by atomic mass is 32.2. The maximum Gasteiger partial charge on any atom is 0.243 e. The molecule has 0 aliphatic carbocycles. The van der Waals surface area contributed by atoms with Gasteiger partial charge in [-0.05, 0) is 43.3 Å². The maximum absolute atomic E-state index is 13.1. The predicted molar refractivity (Wildman–Crippen MR) is 106 cm³/mol. The van der Waals surface area contributed by atoms with Gasteiger partial charge >= 0.3 is 0 Å². The van der Waals surface area contributed by atoms with Gasteiger partial charge in [-0.3, -0.25) is 9.69 Å². The lowest BCUT2D eigenvalue weighted by atomic mass is 10.2. The van der Waals surface area contributed by atoms with Crippen LogP contribution in [-0.2, 0) is 14.8 Å². The zero-order chi connectivity index (χ0) is 20.1. The molecule has 1 aliphatic rings. The average Bonchev–Trinajstić information content (AvgIpc) is 2.71. The summed E-state index contributed by atoms with van der Waals surface area (Å²) in [5, 5.41) is 0. The third-order valence-corrected chi connectivity index (χ3v) is 6.74. The number of hydrogen-bond acceptors (Lipinski definition) is 4. The van der Waals surface area contributed by atoms with Crippen molar-refractivity contribution in [2.24, 2.45) is 0 Å². The normalized spacial score (nSPS) is 16.1. The van der Waals surface area contributed by atoms with Gasteiger partial charge in [-0.25, -0.2) is 12.8 Å². The fraction of sp³-hybridized carbons (Fsp3) is 0.350. The number of piperazine rings is 1. The first-order chi connectivity index (χ1) is 13.4. The summed E-state index contributed by atoms with van der Waals surface area (Å²) in [5.74, 6) is -0.434. The number of sulfonamides is 1. The smallest absolute Gasteiger partial charge is 0.243 e. The van der Waals surface area contributed by atoms with Crippen molar-refractivity contribution in [2.75, 3.05) is 44.2 Å². The van der Waals surface area contributed by atoms with E-state index in [1.807, 2.05) is 11.8 Å². The third kappa shape index (κ3) is 4.57. The fourth-order valence-electron chi connectivity index (χ4n) is 3.27. The van der Waals surface area contributed by atoms with Crippen molar-refractivity contribution >= 4 is 21.6 Å². The molecule has 0 bridgehead atoms. The number of nitrogens with zero attached hydrogens (tertiary/aromatic N) is 3. The van der Waals surface area contributed by atoms with Crippen LogP contribution >= 0.6 is 0 Å². The molecule has 6 nitrogen and oxygen atoms in total. The van der Waals surface area contributed by atoms with Crippen LogP contribution in [0, 0.1) is 5.82 Å². The summed E-state index contributed by atoms with van der Waals surface area (Å²) >= 11 is 0. The van der Waals surface area contributed by atoms with Gasteiger partial charge in [-0.1, -0.05) is 18.2 Å². The van der Waals surface area contributed by atoms with Crippen LogP contribution in [0.2, 0.25) is 0 Å². The van der Waals surface area contributed by atoms with Crippen LogP contribution in [0.4, 0.5) is 10.1 Å². The summed E-state index contributed by atoms with van der Waals surface area (Å²) in [7, 11) is -3.51. The number of anilines is 1. The monoisotopic (exact) mass is 405 g/mol. The zero-order valence-electron chi connectivity index (χ0n) is 15.8. The Bertz CT molecular complexity index is 896. The molecule has 28 heavy (non-hydrogen) atoms. The van der Waals surface area contributed by atoms with E-state index in [0.29, 0.717) is 38.4 Å². The standard InChI is InChI=1S/C20H24FN3O3S/c1-2-24(18-10-8-17(21)9-11-18)20(25)16-22-12-14-23(15-13-22)28(26,27)19-6-4-3-5-7-19/h3-11H,2,12-16H2,1H3. The Morgan fingerprint density at radius 2 is 1.61 bits per heavy atom. The molecule has 2 aromatic rings. The van der Waals surface area contributed by atoms with Crippen LogP contribution in [0.3, 0.4) is 0 Å². The van der Waals surface area contributed by atoms with Crippen molar-refractivity contribution in [3.63, 3.8) is 0 Å². The Hall–Kier alpha value is -2.29. The Morgan fingerprint density at radius 3 is 2.18 bits per heavy atom. The minimum Gasteiger partial charge on any atom is -0.312 e. The molecule has 1 heterocycles. The molecule has 1 amide bonds. The molecule has 0 N–H and O–H groups in total. The Morgan fingerprint density at radius 1 is 1.00 bits per heavy atom. The van der Waals surface area contributed by atoms with E-state index < -0.39 is 10.0 Å². The van der Waals surface area contributed by atoms with E-state index in [-0.39, 0.29) is 23.2 Å². The SMILES string of the molecule is CCN(C(=O)CN1CCN(S(=O)(=O)c2ccccc2)CC1)c1ccc(F)cc1. The molecule has 0 spiro atoms. The van der Waals surface area contributed by atoms with E-state index in [9.17, 15) is 17.6 Å². The average molecular weight is 405 g/mol. The number of hydrogen-bond donors (Lipinski definition) is 0. The van der Waals surface area contributed by atoms with Crippen LogP contribution in [0.5, 0.6) is 0 Å². The predicted octanol–water partition coefficient (Wildman–Crippen LogP) is 2.19. The van der Waals surface area contributed by atoms with Gasteiger partial charge in [-0.15, -0.1) is 0 Å². The molecule has 0 unspecified atom stereocenters. The maximum atomic E-state index is 13.1. The molecule has 0 radical (unpaired) electrons. The molecule has 1 saturated heterocycles. The van der Waals surface area contributed by atoms with Gasteiger partial charge in [0.2, 0.25) is 15.9 Å². The van der Waals surface area contributed by atoms with E-state index in [0.717, 1.165) is 0 Å². The lowest BCUT2D eigenvalue weighted by Crippen LogP contribution is -2.51. The zero-order valence-corrected chi connectivity index (χ0v) is 16.6. The van der Waals surface area contributed by atoms with Gasteiger partial charge in [0.05, 0.1) is 11.4 Å². The largest absolute Gasteiger partial charge is 0.312 e. The van der Waals surface area contributed by atoms with Gasteiger partial charge in [0, 0.05) is 38.4 Å². The van der Waals surface area contributed by atoms with Crippen LogP contribution in [0.25, 0.3) is 0 Å². The van der Waals surface area contributed by atoms with Crippen molar-refractivity contribution in [1.82, 2.24) is 9.21 Å². The first-order valence-corrected chi connectivity index (χ1v) is 10.7. The summed E-state index contributed by atoms with van der Waals surface area (Å²) in [6.07, 6.45) is 0. The minimum absolute atomic E-state index is 0.0894. The number of carbonyl (C=O) groups is 1. The Balaban J connectivity index is 1.59. The molecule has 0 atom stereocenters. The molecular formula is C20H24FN3O3S. The summed E-state index contributed by atoms with van der Waals surface area (Å²) in [6, 6.07) is 14.2. The van der Waals surface area contributed by atoms with Crippen LogP contribution in [-0.4, -0.2) is 62.8 Å². The number of halogens is 1.